The van der Waals surface area contributed by atoms with Gasteiger partial charge in [0.25, 0.3) is 0 Å². The first-order chi connectivity index (χ1) is 16.7. The van der Waals surface area contributed by atoms with Crippen LogP contribution in [0, 0.1) is 5.92 Å². The maximum absolute atomic E-state index is 12.9. The van der Waals surface area contributed by atoms with Crippen LogP contribution < -0.4 is 16.4 Å². The molecule has 0 radical (unpaired) electrons. The minimum absolute atomic E-state index is 0.119. The molecule has 0 saturated heterocycles. The molecular formula is C26H35N3O6. The first kappa shape index (κ1) is 28.0. The number of nitrogens with two attached hydrogens (primary N) is 1. The summed E-state index contributed by atoms with van der Waals surface area (Å²) in [5.41, 5.74) is 7.69. The molecule has 5 N–H and O–H groups in total. The molecule has 3 atom stereocenters. The Morgan fingerprint density at radius 1 is 0.971 bits per heavy atom. The van der Waals surface area contributed by atoms with E-state index in [1.807, 2.05) is 44.2 Å². The molecule has 0 bridgehead atoms. The van der Waals surface area contributed by atoms with E-state index in [0.717, 1.165) is 5.56 Å². The molecule has 0 aliphatic carbocycles. The summed E-state index contributed by atoms with van der Waals surface area (Å²) in [6.45, 7) is 6.04. The molecule has 2 amide bonds. The lowest BCUT2D eigenvalue weighted by atomic mass is 10.0. The molecule has 2 aromatic rings. The zero-order valence-corrected chi connectivity index (χ0v) is 20.4. The lowest BCUT2D eigenvalue weighted by molar-refractivity contribution is -0.135. The Hall–Kier alpha value is -3.27. The van der Waals surface area contributed by atoms with Gasteiger partial charge in [0, 0.05) is 12.1 Å². The number of hydrogen-bond donors (Lipinski definition) is 4. The zero-order chi connectivity index (χ0) is 25.8. The van der Waals surface area contributed by atoms with Crippen LogP contribution in [0.3, 0.4) is 0 Å². The highest BCUT2D eigenvalue weighted by Gasteiger charge is 2.26. The van der Waals surface area contributed by atoms with E-state index in [2.05, 4.69) is 10.6 Å². The number of carbonyl (C=O) groups is 3. The van der Waals surface area contributed by atoms with Gasteiger partial charge in [-0.15, -0.1) is 0 Å². The molecule has 0 aliphatic rings. The first-order valence-electron chi connectivity index (χ1n) is 11.7. The normalized spacial score (nSPS) is 13.5. The lowest BCUT2D eigenvalue weighted by Gasteiger charge is -2.23. The number of esters is 1. The lowest BCUT2D eigenvalue weighted by Crippen LogP contribution is -2.51. The van der Waals surface area contributed by atoms with Crippen molar-refractivity contribution in [2.45, 2.75) is 58.6 Å². The molecule has 0 aliphatic heterocycles. The van der Waals surface area contributed by atoms with E-state index < -0.39 is 36.2 Å². The molecule has 2 aromatic carbocycles. The van der Waals surface area contributed by atoms with Gasteiger partial charge in [0.1, 0.15) is 6.04 Å². The second-order valence-electron chi connectivity index (χ2n) is 8.57. The van der Waals surface area contributed by atoms with Gasteiger partial charge in [0.2, 0.25) is 11.8 Å². The van der Waals surface area contributed by atoms with Crippen LogP contribution in [-0.4, -0.2) is 47.9 Å². The van der Waals surface area contributed by atoms with Crippen molar-refractivity contribution in [3.8, 4) is 0 Å². The Morgan fingerprint density at radius 2 is 1.63 bits per heavy atom. The van der Waals surface area contributed by atoms with Crippen LogP contribution in [0.15, 0.2) is 54.6 Å². The van der Waals surface area contributed by atoms with Gasteiger partial charge in [0.15, 0.2) is 6.29 Å². The molecule has 190 valence electrons. The Bertz CT molecular complexity index is 949. The van der Waals surface area contributed by atoms with Gasteiger partial charge in [-0.25, -0.2) is 4.79 Å². The average molecular weight is 486 g/mol. The van der Waals surface area contributed by atoms with Gasteiger partial charge in [-0.1, -0.05) is 44.2 Å². The molecule has 2 rings (SSSR count). The van der Waals surface area contributed by atoms with E-state index in [1.165, 1.54) is 0 Å². The largest absolute Gasteiger partial charge is 0.462 e. The minimum Gasteiger partial charge on any atom is -0.462 e. The molecule has 0 fully saturated rings. The number of carbonyl (C=O) groups excluding carboxylic acids is 3. The van der Waals surface area contributed by atoms with Gasteiger partial charge in [-0.05, 0) is 49.1 Å². The SMILES string of the molecule is CCOC(=O)c1ccc(NC(=O)[C@H](CC(C)C)NC(=O)C(N)CC(O)OCc2ccccc2)cc1. The van der Waals surface area contributed by atoms with Crippen LogP contribution in [0.2, 0.25) is 0 Å². The molecule has 2 unspecified atom stereocenters. The summed E-state index contributed by atoms with van der Waals surface area (Å²) in [6.07, 6.45) is -0.964. The topological polar surface area (TPSA) is 140 Å². The number of amides is 2. The second-order valence-corrected chi connectivity index (χ2v) is 8.57. The maximum atomic E-state index is 12.9. The van der Waals surface area contributed by atoms with Crippen molar-refractivity contribution in [1.82, 2.24) is 5.32 Å². The summed E-state index contributed by atoms with van der Waals surface area (Å²) >= 11 is 0. The molecule has 9 heteroatoms. The van der Waals surface area contributed by atoms with Crippen molar-refractivity contribution in [1.29, 1.82) is 0 Å². The van der Waals surface area contributed by atoms with Gasteiger partial charge < -0.3 is 30.9 Å². The van der Waals surface area contributed by atoms with E-state index in [0.29, 0.717) is 17.7 Å². The average Bonchev–Trinajstić information content (AvgIpc) is 2.83. The summed E-state index contributed by atoms with van der Waals surface area (Å²) in [7, 11) is 0. The summed E-state index contributed by atoms with van der Waals surface area (Å²) in [5, 5.41) is 15.5. The Balaban J connectivity index is 1.92. The van der Waals surface area contributed by atoms with Gasteiger partial charge in [-0.3, -0.25) is 9.59 Å². The predicted octanol–water partition coefficient (Wildman–Crippen LogP) is 2.59. The maximum Gasteiger partial charge on any atom is 0.338 e. The van der Waals surface area contributed by atoms with Gasteiger partial charge in [0.05, 0.1) is 24.8 Å². The third-order valence-electron chi connectivity index (χ3n) is 5.08. The van der Waals surface area contributed by atoms with Crippen LogP contribution in [-0.2, 0) is 25.7 Å². The van der Waals surface area contributed by atoms with Crippen molar-refractivity contribution in [3.63, 3.8) is 0 Å². The van der Waals surface area contributed by atoms with Crippen molar-refractivity contribution in [2.75, 3.05) is 11.9 Å². The van der Waals surface area contributed by atoms with E-state index in [4.69, 9.17) is 15.2 Å². The van der Waals surface area contributed by atoms with Crippen LogP contribution in [0.1, 0.15) is 49.5 Å². The fourth-order valence-electron chi connectivity index (χ4n) is 3.27. The second kappa shape index (κ2) is 14.2. The van der Waals surface area contributed by atoms with Crippen LogP contribution >= 0.6 is 0 Å². The number of aliphatic hydroxyl groups excluding tert-OH is 1. The molecule has 35 heavy (non-hydrogen) atoms. The molecule has 0 aromatic heterocycles. The Morgan fingerprint density at radius 3 is 2.23 bits per heavy atom. The van der Waals surface area contributed by atoms with Crippen molar-refractivity contribution in [2.24, 2.45) is 11.7 Å². The standard InChI is InChI=1S/C26H35N3O6/c1-4-34-26(33)19-10-12-20(13-11-19)28-25(32)22(14-17(2)3)29-24(31)21(27)15-23(30)35-16-18-8-6-5-7-9-18/h5-13,17,21-23,30H,4,14-16,27H2,1-3H3,(H,28,32)(H,29,31)/t21?,22-,23?/m0/s1. The highest BCUT2D eigenvalue weighted by atomic mass is 16.6. The van der Waals surface area contributed by atoms with Crippen LogP contribution in [0.5, 0.6) is 0 Å². The van der Waals surface area contributed by atoms with E-state index in [-0.39, 0.29) is 25.6 Å². The number of benzene rings is 2. The fraction of sp³-hybridized carbons (Fsp3) is 0.423. The summed E-state index contributed by atoms with van der Waals surface area (Å²) in [6, 6.07) is 13.7. The smallest absolute Gasteiger partial charge is 0.338 e. The number of anilines is 1. The monoisotopic (exact) mass is 485 g/mol. The number of ether oxygens (including phenoxy) is 2. The summed E-state index contributed by atoms with van der Waals surface area (Å²) < 4.78 is 10.3. The molecule has 0 spiro atoms. The summed E-state index contributed by atoms with van der Waals surface area (Å²) in [4.78, 5) is 37.3. The van der Waals surface area contributed by atoms with Crippen LogP contribution in [0.25, 0.3) is 0 Å². The molecule has 0 heterocycles. The summed E-state index contributed by atoms with van der Waals surface area (Å²) in [5.74, 6) is -1.30. The highest BCUT2D eigenvalue weighted by molar-refractivity contribution is 5.98. The van der Waals surface area contributed by atoms with Crippen LogP contribution in [0.4, 0.5) is 5.69 Å². The number of nitrogens with one attached hydrogen (secondary N) is 2. The van der Waals surface area contributed by atoms with Crippen molar-refractivity contribution >= 4 is 23.5 Å². The van der Waals surface area contributed by atoms with Gasteiger partial charge in [-0.2, -0.15) is 0 Å². The van der Waals surface area contributed by atoms with E-state index in [9.17, 15) is 19.5 Å². The van der Waals surface area contributed by atoms with Crippen molar-refractivity contribution in [3.05, 3.63) is 65.7 Å². The molecular weight excluding hydrogens is 450 g/mol. The van der Waals surface area contributed by atoms with E-state index in [1.54, 1.807) is 31.2 Å². The fourth-order valence-corrected chi connectivity index (χ4v) is 3.27. The zero-order valence-electron chi connectivity index (χ0n) is 20.4. The third kappa shape index (κ3) is 9.86. The molecule has 0 saturated carbocycles. The Kier molecular flexibility index (Phi) is 11.4. The number of aliphatic hydroxyl groups is 1. The first-order valence-corrected chi connectivity index (χ1v) is 11.7. The third-order valence-corrected chi connectivity index (χ3v) is 5.08. The van der Waals surface area contributed by atoms with Gasteiger partial charge >= 0.3 is 5.97 Å². The minimum atomic E-state index is -1.23. The van der Waals surface area contributed by atoms with E-state index >= 15 is 0 Å². The highest BCUT2D eigenvalue weighted by Crippen LogP contribution is 2.14. The quantitative estimate of drug-likeness (QED) is 0.252. The number of hydrogen-bond acceptors (Lipinski definition) is 7. The Labute approximate surface area is 206 Å². The number of rotatable bonds is 13. The van der Waals surface area contributed by atoms with Crippen molar-refractivity contribution < 1.29 is 29.0 Å². The predicted molar refractivity (Wildman–Crippen MR) is 132 cm³/mol. The molecule has 9 nitrogen and oxygen atoms in total.